The summed E-state index contributed by atoms with van der Waals surface area (Å²) in [6.45, 7) is 1.80. The number of anilines is 1. The van der Waals surface area contributed by atoms with Crippen LogP contribution in [0, 0.1) is 5.92 Å². The van der Waals surface area contributed by atoms with Gasteiger partial charge in [-0.2, -0.15) is 0 Å². The molecule has 3 rings (SSSR count). The van der Waals surface area contributed by atoms with Crippen LogP contribution in [0.5, 0.6) is 5.75 Å². The minimum absolute atomic E-state index is 0.0347. The van der Waals surface area contributed by atoms with Crippen LogP contribution in [-0.4, -0.2) is 36.4 Å². The zero-order valence-electron chi connectivity index (χ0n) is 12.3. The summed E-state index contributed by atoms with van der Waals surface area (Å²) in [6, 6.07) is 5.10. The number of amides is 2. The fraction of sp³-hybridized carbons (Fsp3) is 0.500. The van der Waals surface area contributed by atoms with E-state index in [0.717, 1.165) is 25.9 Å². The standard InChI is InChI=1S/C16H19ClN2O3/c17-12-4-5-14-13(9-12)18-16(21)11(10-22-14)8-15(20)19-6-2-1-3-7-19/h4-5,9,11H,1-3,6-8,10H2,(H,18,21). The molecule has 1 aromatic rings. The van der Waals surface area contributed by atoms with Gasteiger partial charge in [0, 0.05) is 24.5 Å². The first-order valence-corrected chi connectivity index (χ1v) is 8.02. The maximum atomic E-state index is 12.3. The van der Waals surface area contributed by atoms with Crippen LogP contribution in [0.15, 0.2) is 18.2 Å². The summed E-state index contributed by atoms with van der Waals surface area (Å²) in [5, 5.41) is 3.34. The molecule has 1 saturated heterocycles. The largest absolute Gasteiger partial charge is 0.491 e. The van der Waals surface area contributed by atoms with Crippen LogP contribution in [0.4, 0.5) is 5.69 Å². The summed E-state index contributed by atoms with van der Waals surface area (Å²) in [5.74, 6) is -0.0370. The number of nitrogens with one attached hydrogen (secondary N) is 1. The summed E-state index contributed by atoms with van der Waals surface area (Å²) >= 11 is 5.93. The fourth-order valence-electron chi connectivity index (χ4n) is 2.86. The maximum Gasteiger partial charge on any atom is 0.231 e. The summed E-state index contributed by atoms with van der Waals surface area (Å²) < 4.78 is 5.66. The summed E-state index contributed by atoms with van der Waals surface area (Å²) in [5.41, 5.74) is 0.561. The molecule has 0 aromatic heterocycles. The maximum absolute atomic E-state index is 12.3. The molecule has 2 heterocycles. The van der Waals surface area contributed by atoms with Gasteiger partial charge in [-0.3, -0.25) is 9.59 Å². The van der Waals surface area contributed by atoms with Crippen molar-refractivity contribution in [2.75, 3.05) is 25.0 Å². The van der Waals surface area contributed by atoms with Gasteiger partial charge >= 0.3 is 0 Å². The Morgan fingerprint density at radius 1 is 1.32 bits per heavy atom. The molecule has 1 atom stereocenters. The Hall–Kier alpha value is -1.75. The van der Waals surface area contributed by atoms with E-state index in [2.05, 4.69) is 5.32 Å². The Morgan fingerprint density at radius 2 is 2.09 bits per heavy atom. The van der Waals surface area contributed by atoms with Gasteiger partial charge in [0.1, 0.15) is 12.4 Å². The van der Waals surface area contributed by atoms with Gasteiger partial charge in [0.05, 0.1) is 11.6 Å². The minimum Gasteiger partial charge on any atom is -0.491 e. The summed E-state index contributed by atoms with van der Waals surface area (Å²) in [6.07, 6.45) is 3.45. The van der Waals surface area contributed by atoms with E-state index < -0.39 is 5.92 Å². The Morgan fingerprint density at radius 3 is 2.86 bits per heavy atom. The number of carbonyl (C=O) groups excluding carboxylic acids is 2. The van der Waals surface area contributed by atoms with Gasteiger partial charge in [0.25, 0.3) is 0 Å². The second-order valence-corrected chi connectivity index (χ2v) is 6.22. The lowest BCUT2D eigenvalue weighted by Gasteiger charge is -2.27. The highest BCUT2D eigenvalue weighted by Crippen LogP contribution is 2.31. The lowest BCUT2D eigenvalue weighted by Crippen LogP contribution is -2.39. The van der Waals surface area contributed by atoms with Gasteiger partial charge in [-0.05, 0) is 37.5 Å². The number of nitrogens with zero attached hydrogens (tertiary/aromatic N) is 1. The SMILES string of the molecule is O=C1Nc2cc(Cl)ccc2OCC1CC(=O)N1CCCCC1. The zero-order valence-corrected chi connectivity index (χ0v) is 13.1. The van der Waals surface area contributed by atoms with Crippen LogP contribution < -0.4 is 10.1 Å². The molecule has 1 aromatic carbocycles. The van der Waals surface area contributed by atoms with Gasteiger partial charge in [-0.1, -0.05) is 11.6 Å². The number of benzene rings is 1. The molecule has 0 saturated carbocycles. The first-order valence-electron chi connectivity index (χ1n) is 7.64. The van der Waals surface area contributed by atoms with Gasteiger partial charge in [0.2, 0.25) is 11.8 Å². The molecule has 2 aliphatic rings. The van der Waals surface area contributed by atoms with Gasteiger partial charge in [0.15, 0.2) is 0 Å². The summed E-state index contributed by atoms with van der Waals surface area (Å²) in [7, 11) is 0. The van der Waals surface area contributed by atoms with Crippen molar-refractivity contribution in [3.63, 3.8) is 0 Å². The van der Waals surface area contributed by atoms with Gasteiger partial charge in [-0.15, -0.1) is 0 Å². The molecule has 1 unspecified atom stereocenters. The predicted octanol–water partition coefficient (Wildman–Crippen LogP) is 2.69. The highest BCUT2D eigenvalue weighted by atomic mass is 35.5. The number of likely N-dealkylation sites (tertiary alicyclic amines) is 1. The van der Waals surface area contributed by atoms with Crippen molar-refractivity contribution in [3.05, 3.63) is 23.2 Å². The normalized spacial score (nSPS) is 21.4. The molecule has 6 heteroatoms. The van der Waals surface area contributed by atoms with E-state index in [1.165, 1.54) is 6.42 Å². The third-order valence-electron chi connectivity index (χ3n) is 4.14. The van der Waals surface area contributed by atoms with E-state index in [9.17, 15) is 9.59 Å². The average molecular weight is 323 g/mol. The lowest BCUT2D eigenvalue weighted by molar-refractivity contribution is -0.136. The Bertz CT molecular complexity index is 585. The van der Waals surface area contributed by atoms with E-state index in [1.54, 1.807) is 18.2 Å². The first kappa shape index (κ1) is 15.2. The topological polar surface area (TPSA) is 58.6 Å². The van der Waals surface area contributed by atoms with Gasteiger partial charge < -0.3 is 15.0 Å². The van der Waals surface area contributed by atoms with Crippen molar-refractivity contribution in [2.24, 2.45) is 5.92 Å². The highest BCUT2D eigenvalue weighted by molar-refractivity contribution is 6.31. The molecule has 1 N–H and O–H groups in total. The number of hydrogen-bond acceptors (Lipinski definition) is 3. The molecule has 5 nitrogen and oxygen atoms in total. The van der Waals surface area contributed by atoms with Crippen molar-refractivity contribution < 1.29 is 14.3 Å². The minimum atomic E-state index is -0.472. The van der Waals surface area contributed by atoms with E-state index in [4.69, 9.17) is 16.3 Å². The summed E-state index contributed by atoms with van der Waals surface area (Å²) in [4.78, 5) is 26.5. The van der Waals surface area contributed by atoms with Crippen LogP contribution in [0.1, 0.15) is 25.7 Å². The van der Waals surface area contributed by atoms with E-state index in [1.807, 2.05) is 4.90 Å². The quantitative estimate of drug-likeness (QED) is 0.910. The number of piperidine rings is 1. The molecule has 22 heavy (non-hydrogen) atoms. The monoisotopic (exact) mass is 322 g/mol. The zero-order chi connectivity index (χ0) is 15.5. The van der Waals surface area contributed by atoms with E-state index >= 15 is 0 Å². The van der Waals surface area contributed by atoms with E-state index in [0.29, 0.717) is 16.5 Å². The van der Waals surface area contributed by atoms with Crippen molar-refractivity contribution in [2.45, 2.75) is 25.7 Å². The number of hydrogen-bond donors (Lipinski definition) is 1. The second-order valence-electron chi connectivity index (χ2n) is 5.78. The number of fused-ring (bicyclic) bond motifs is 1. The highest BCUT2D eigenvalue weighted by Gasteiger charge is 2.29. The number of ether oxygens (including phenoxy) is 1. The average Bonchev–Trinajstić information content (AvgIpc) is 2.67. The molecule has 118 valence electrons. The molecule has 0 aliphatic carbocycles. The number of carbonyl (C=O) groups is 2. The number of halogens is 1. The van der Waals surface area contributed by atoms with Crippen LogP contribution in [0.25, 0.3) is 0 Å². The lowest BCUT2D eigenvalue weighted by atomic mass is 10.0. The number of rotatable bonds is 2. The smallest absolute Gasteiger partial charge is 0.231 e. The predicted molar refractivity (Wildman–Crippen MR) is 84.1 cm³/mol. The fourth-order valence-corrected chi connectivity index (χ4v) is 3.03. The van der Waals surface area contributed by atoms with Crippen LogP contribution >= 0.6 is 11.6 Å². The second kappa shape index (κ2) is 6.57. The first-order chi connectivity index (χ1) is 10.6. The third kappa shape index (κ3) is 3.35. The van der Waals surface area contributed by atoms with Crippen molar-refractivity contribution in [1.29, 1.82) is 0 Å². The Balaban J connectivity index is 1.66. The van der Waals surface area contributed by atoms with E-state index in [-0.39, 0.29) is 24.8 Å². The molecule has 2 amide bonds. The van der Waals surface area contributed by atoms with Crippen molar-refractivity contribution in [1.82, 2.24) is 4.90 Å². The van der Waals surface area contributed by atoms with Crippen molar-refractivity contribution in [3.8, 4) is 5.75 Å². The molecule has 0 spiro atoms. The van der Waals surface area contributed by atoms with Crippen LogP contribution in [-0.2, 0) is 9.59 Å². The molecular formula is C16H19ClN2O3. The molecular weight excluding hydrogens is 304 g/mol. The Labute approximate surface area is 134 Å². The molecule has 1 fully saturated rings. The Kier molecular flexibility index (Phi) is 4.52. The molecule has 0 bridgehead atoms. The van der Waals surface area contributed by atoms with Crippen molar-refractivity contribution >= 4 is 29.1 Å². The van der Waals surface area contributed by atoms with Crippen LogP contribution in [0.2, 0.25) is 5.02 Å². The molecule has 2 aliphatic heterocycles. The third-order valence-corrected chi connectivity index (χ3v) is 4.38. The molecule has 0 radical (unpaired) electrons. The van der Waals surface area contributed by atoms with Crippen LogP contribution in [0.3, 0.4) is 0 Å². The van der Waals surface area contributed by atoms with Gasteiger partial charge in [-0.25, -0.2) is 0 Å².